The van der Waals surface area contributed by atoms with Crippen LogP contribution < -0.4 is 10.1 Å². The maximum atomic E-state index is 12.3. The highest BCUT2D eigenvalue weighted by atomic mass is 16.5. The lowest BCUT2D eigenvalue weighted by molar-refractivity contribution is -0.118. The fourth-order valence-corrected chi connectivity index (χ4v) is 2.42. The van der Waals surface area contributed by atoms with E-state index in [1.54, 1.807) is 25.3 Å². The second-order valence-corrected chi connectivity index (χ2v) is 6.51. The number of nitrogens with zero attached hydrogens (tertiary/aromatic N) is 2. The monoisotopic (exact) mass is 375 g/mol. The molecule has 0 saturated carbocycles. The number of nitrogens with one attached hydrogen (secondary N) is 1. The lowest BCUT2D eigenvalue weighted by atomic mass is 10.1. The van der Waals surface area contributed by atoms with Crippen LogP contribution in [0.4, 0.5) is 0 Å². The molecule has 0 aliphatic heterocycles. The highest BCUT2D eigenvalue weighted by Crippen LogP contribution is 2.24. The molecule has 1 atom stereocenters. The van der Waals surface area contributed by atoms with Gasteiger partial charge in [0.25, 0.3) is 5.91 Å². The average molecular weight is 375 g/mol. The van der Waals surface area contributed by atoms with E-state index in [0.29, 0.717) is 17.3 Å². The summed E-state index contributed by atoms with van der Waals surface area (Å²) in [5.74, 6) is 0.692. The van der Waals surface area contributed by atoms with Gasteiger partial charge in [0.05, 0.1) is 11.7 Å². The number of ether oxygens (including phenoxy) is 1. The summed E-state index contributed by atoms with van der Waals surface area (Å²) < 4.78 is 5.72. The third kappa shape index (κ3) is 4.79. The summed E-state index contributed by atoms with van der Waals surface area (Å²) in [6, 6.07) is 15.8. The van der Waals surface area contributed by atoms with Crippen molar-refractivity contribution in [2.24, 2.45) is 0 Å². The molecule has 0 unspecified atom stereocenters. The fraction of sp³-hybridized carbons (Fsp3) is 0.182. The number of hydrogen-bond acceptors (Lipinski definition) is 5. The Kier molecular flexibility index (Phi) is 5.79. The van der Waals surface area contributed by atoms with Crippen LogP contribution in [0.15, 0.2) is 60.8 Å². The average Bonchev–Trinajstić information content (AvgIpc) is 2.70. The number of ketones is 1. The van der Waals surface area contributed by atoms with Gasteiger partial charge < -0.3 is 10.1 Å². The summed E-state index contributed by atoms with van der Waals surface area (Å²) in [4.78, 5) is 32.2. The van der Waals surface area contributed by atoms with Crippen molar-refractivity contribution in [3.63, 3.8) is 0 Å². The molecular formula is C22H21N3O3. The van der Waals surface area contributed by atoms with Crippen LogP contribution in [0.3, 0.4) is 0 Å². The van der Waals surface area contributed by atoms with Crippen LogP contribution in [0.5, 0.6) is 11.6 Å². The van der Waals surface area contributed by atoms with Crippen LogP contribution in [0.25, 0.3) is 11.3 Å². The molecule has 0 bridgehead atoms. The first-order valence-corrected chi connectivity index (χ1v) is 8.91. The summed E-state index contributed by atoms with van der Waals surface area (Å²) in [6.45, 7) is 5.05. The van der Waals surface area contributed by atoms with E-state index < -0.39 is 6.04 Å². The SMILES string of the molecule is CC(=O)[C@H](C)NC(=O)c1cccc(-c2ccc(Oc3ccc(C)cn3)cc2)n1. The largest absolute Gasteiger partial charge is 0.439 e. The Morgan fingerprint density at radius 1 is 1.04 bits per heavy atom. The Balaban J connectivity index is 1.74. The first kappa shape index (κ1) is 19.2. The molecule has 0 radical (unpaired) electrons. The van der Waals surface area contributed by atoms with Crippen molar-refractivity contribution < 1.29 is 14.3 Å². The second-order valence-electron chi connectivity index (χ2n) is 6.51. The van der Waals surface area contributed by atoms with Crippen LogP contribution in [0, 0.1) is 6.92 Å². The first-order valence-electron chi connectivity index (χ1n) is 8.91. The highest BCUT2D eigenvalue weighted by molar-refractivity contribution is 5.96. The molecule has 1 aromatic carbocycles. The minimum Gasteiger partial charge on any atom is -0.439 e. The molecule has 6 nitrogen and oxygen atoms in total. The van der Waals surface area contributed by atoms with Crippen molar-refractivity contribution in [2.75, 3.05) is 0 Å². The quantitative estimate of drug-likeness (QED) is 0.705. The van der Waals surface area contributed by atoms with Crippen molar-refractivity contribution in [1.82, 2.24) is 15.3 Å². The summed E-state index contributed by atoms with van der Waals surface area (Å²) in [5.41, 5.74) is 2.83. The summed E-state index contributed by atoms with van der Waals surface area (Å²) in [7, 11) is 0. The minimum atomic E-state index is -0.551. The van der Waals surface area contributed by atoms with Crippen LogP contribution in [0.2, 0.25) is 0 Å². The van der Waals surface area contributed by atoms with Gasteiger partial charge in [0, 0.05) is 17.8 Å². The number of rotatable bonds is 6. The van der Waals surface area contributed by atoms with E-state index in [9.17, 15) is 9.59 Å². The van der Waals surface area contributed by atoms with E-state index >= 15 is 0 Å². The van der Waals surface area contributed by atoms with E-state index in [-0.39, 0.29) is 17.4 Å². The van der Waals surface area contributed by atoms with Crippen LogP contribution >= 0.6 is 0 Å². The zero-order valence-corrected chi connectivity index (χ0v) is 16.0. The van der Waals surface area contributed by atoms with Gasteiger partial charge in [-0.05, 0) is 62.7 Å². The number of aromatic nitrogens is 2. The molecular weight excluding hydrogens is 354 g/mol. The van der Waals surface area contributed by atoms with Crippen molar-refractivity contribution >= 4 is 11.7 Å². The Labute approximate surface area is 163 Å². The predicted octanol–water partition coefficient (Wildman–Crippen LogP) is 3.95. The number of carbonyl (C=O) groups excluding carboxylic acids is 2. The maximum Gasteiger partial charge on any atom is 0.270 e. The molecule has 0 aliphatic rings. The molecule has 1 amide bonds. The number of pyridine rings is 2. The van der Waals surface area contributed by atoms with Gasteiger partial charge in [-0.2, -0.15) is 0 Å². The fourth-order valence-electron chi connectivity index (χ4n) is 2.42. The highest BCUT2D eigenvalue weighted by Gasteiger charge is 2.14. The predicted molar refractivity (Wildman–Crippen MR) is 106 cm³/mol. The Bertz CT molecular complexity index is 983. The smallest absolute Gasteiger partial charge is 0.270 e. The van der Waals surface area contributed by atoms with Gasteiger partial charge in [-0.15, -0.1) is 0 Å². The lowest BCUT2D eigenvalue weighted by Crippen LogP contribution is -2.37. The van der Waals surface area contributed by atoms with Gasteiger partial charge in [0.1, 0.15) is 11.4 Å². The Morgan fingerprint density at radius 2 is 1.79 bits per heavy atom. The number of benzene rings is 1. The molecule has 3 aromatic rings. The summed E-state index contributed by atoms with van der Waals surface area (Å²) >= 11 is 0. The molecule has 2 aromatic heterocycles. The normalized spacial score (nSPS) is 11.5. The van der Waals surface area contributed by atoms with Gasteiger partial charge >= 0.3 is 0 Å². The van der Waals surface area contributed by atoms with Crippen LogP contribution in [-0.4, -0.2) is 27.7 Å². The van der Waals surface area contributed by atoms with Gasteiger partial charge in [-0.3, -0.25) is 9.59 Å². The summed E-state index contributed by atoms with van der Waals surface area (Å²) in [6.07, 6.45) is 1.75. The lowest BCUT2D eigenvalue weighted by Gasteiger charge is -2.11. The molecule has 142 valence electrons. The Morgan fingerprint density at radius 3 is 2.43 bits per heavy atom. The number of hydrogen-bond donors (Lipinski definition) is 1. The maximum absolute atomic E-state index is 12.3. The van der Waals surface area contributed by atoms with E-state index in [1.165, 1.54) is 6.92 Å². The second kappa shape index (κ2) is 8.43. The summed E-state index contributed by atoms with van der Waals surface area (Å²) in [5, 5.41) is 2.64. The molecule has 1 N–H and O–H groups in total. The Hall–Kier alpha value is -3.54. The van der Waals surface area contributed by atoms with E-state index in [1.807, 2.05) is 49.4 Å². The first-order chi connectivity index (χ1) is 13.4. The molecule has 28 heavy (non-hydrogen) atoms. The van der Waals surface area contributed by atoms with Gasteiger partial charge in [-0.25, -0.2) is 9.97 Å². The van der Waals surface area contributed by atoms with Crippen LogP contribution in [-0.2, 0) is 4.79 Å². The van der Waals surface area contributed by atoms with Gasteiger partial charge in [0.2, 0.25) is 5.88 Å². The van der Waals surface area contributed by atoms with Crippen LogP contribution in [0.1, 0.15) is 29.9 Å². The molecule has 0 saturated heterocycles. The molecule has 0 aliphatic carbocycles. The van der Waals surface area contributed by atoms with Crippen molar-refractivity contribution in [2.45, 2.75) is 26.8 Å². The van der Waals surface area contributed by atoms with Gasteiger partial charge in [-0.1, -0.05) is 12.1 Å². The molecule has 3 rings (SSSR count). The van der Waals surface area contributed by atoms with E-state index in [4.69, 9.17) is 4.74 Å². The van der Waals surface area contributed by atoms with Crippen molar-refractivity contribution in [3.05, 3.63) is 72.1 Å². The number of Topliss-reactive ketones (excluding diaryl/α,β-unsaturated/α-hetero) is 1. The van der Waals surface area contributed by atoms with Crippen molar-refractivity contribution in [1.29, 1.82) is 0 Å². The van der Waals surface area contributed by atoms with Gasteiger partial charge in [0.15, 0.2) is 5.78 Å². The number of aryl methyl sites for hydroxylation is 1. The van der Waals surface area contributed by atoms with Crippen molar-refractivity contribution in [3.8, 4) is 22.9 Å². The minimum absolute atomic E-state index is 0.108. The van der Waals surface area contributed by atoms with E-state index in [2.05, 4.69) is 15.3 Å². The zero-order chi connectivity index (χ0) is 20.1. The third-order valence-corrected chi connectivity index (χ3v) is 4.20. The molecule has 0 spiro atoms. The molecule has 6 heteroatoms. The standard InChI is InChI=1S/C22H21N3O3/c1-14-7-12-21(23-13-14)28-18-10-8-17(9-11-18)19-5-4-6-20(25-19)22(27)24-15(2)16(3)26/h4-13,15H,1-3H3,(H,24,27)/t15-/m0/s1. The molecule has 0 fully saturated rings. The zero-order valence-electron chi connectivity index (χ0n) is 16.0. The van der Waals surface area contributed by atoms with E-state index in [0.717, 1.165) is 11.1 Å². The number of carbonyl (C=O) groups is 2. The molecule has 2 heterocycles. The topological polar surface area (TPSA) is 81.2 Å². The number of amides is 1. The third-order valence-electron chi connectivity index (χ3n) is 4.20.